The van der Waals surface area contributed by atoms with Crippen LogP contribution in [-0.2, 0) is 6.61 Å². The van der Waals surface area contributed by atoms with Gasteiger partial charge < -0.3 is 4.74 Å². The van der Waals surface area contributed by atoms with Crippen molar-refractivity contribution in [3.05, 3.63) is 84.4 Å². The van der Waals surface area contributed by atoms with Crippen molar-refractivity contribution in [2.45, 2.75) is 6.61 Å². The fourth-order valence-electron chi connectivity index (χ4n) is 2.63. The van der Waals surface area contributed by atoms with E-state index in [-0.39, 0.29) is 0 Å². The molecular weight excluding hydrogens is 284 g/mol. The van der Waals surface area contributed by atoms with Crippen molar-refractivity contribution >= 4 is 10.9 Å². The average molecular weight is 300 g/mol. The number of H-pyrrole nitrogens is 1. The first-order valence-electron chi connectivity index (χ1n) is 7.60. The second-order valence-electron chi connectivity index (χ2n) is 5.42. The highest BCUT2D eigenvalue weighted by atomic mass is 16.5. The molecule has 1 aromatic heterocycles. The van der Waals surface area contributed by atoms with Crippen LogP contribution in [0.25, 0.3) is 22.2 Å². The maximum absolute atomic E-state index is 5.82. The summed E-state index contributed by atoms with van der Waals surface area (Å²) < 4.78 is 5.82. The van der Waals surface area contributed by atoms with Gasteiger partial charge in [0.25, 0.3) is 0 Å². The van der Waals surface area contributed by atoms with Crippen LogP contribution in [0.15, 0.2) is 78.9 Å². The number of rotatable bonds is 4. The Morgan fingerprint density at radius 2 is 1.52 bits per heavy atom. The van der Waals surface area contributed by atoms with Gasteiger partial charge in [-0.2, -0.15) is 5.10 Å². The topological polar surface area (TPSA) is 37.9 Å². The van der Waals surface area contributed by atoms with Crippen molar-refractivity contribution in [2.75, 3.05) is 0 Å². The van der Waals surface area contributed by atoms with Gasteiger partial charge in [0.15, 0.2) is 0 Å². The molecule has 0 spiro atoms. The Morgan fingerprint density at radius 1 is 0.783 bits per heavy atom. The molecule has 1 N–H and O–H groups in total. The van der Waals surface area contributed by atoms with Gasteiger partial charge in [0.05, 0.1) is 11.2 Å². The van der Waals surface area contributed by atoms with E-state index in [0.717, 1.165) is 33.5 Å². The largest absolute Gasteiger partial charge is 0.489 e. The van der Waals surface area contributed by atoms with Crippen LogP contribution in [0.4, 0.5) is 0 Å². The lowest BCUT2D eigenvalue weighted by Crippen LogP contribution is -1.94. The van der Waals surface area contributed by atoms with E-state index in [1.807, 2.05) is 60.7 Å². The van der Waals surface area contributed by atoms with Gasteiger partial charge in [0.2, 0.25) is 0 Å². The molecule has 0 fully saturated rings. The van der Waals surface area contributed by atoms with Crippen LogP contribution in [0.5, 0.6) is 5.75 Å². The van der Waals surface area contributed by atoms with Crippen LogP contribution in [0.2, 0.25) is 0 Å². The van der Waals surface area contributed by atoms with Gasteiger partial charge in [-0.05, 0) is 35.9 Å². The molecule has 0 aliphatic rings. The van der Waals surface area contributed by atoms with Crippen molar-refractivity contribution in [3.63, 3.8) is 0 Å². The first-order chi connectivity index (χ1) is 11.4. The number of para-hydroxylation sites is 1. The molecule has 0 aliphatic heterocycles. The van der Waals surface area contributed by atoms with Crippen molar-refractivity contribution in [2.24, 2.45) is 0 Å². The Balaban J connectivity index is 1.54. The number of hydrogen-bond acceptors (Lipinski definition) is 2. The fourth-order valence-corrected chi connectivity index (χ4v) is 2.63. The smallest absolute Gasteiger partial charge is 0.119 e. The molecular formula is C20H16N2O. The van der Waals surface area contributed by atoms with Crippen LogP contribution >= 0.6 is 0 Å². The molecule has 23 heavy (non-hydrogen) atoms. The summed E-state index contributed by atoms with van der Waals surface area (Å²) in [5, 5.41) is 8.62. The first-order valence-corrected chi connectivity index (χ1v) is 7.60. The Morgan fingerprint density at radius 3 is 2.35 bits per heavy atom. The van der Waals surface area contributed by atoms with E-state index in [0.29, 0.717) is 6.61 Å². The SMILES string of the molecule is c1ccc(COc2ccc(-c3n[nH]c4ccccc34)cc2)cc1. The lowest BCUT2D eigenvalue weighted by molar-refractivity contribution is 0.306. The predicted octanol–water partition coefficient (Wildman–Crippen LogP) is 4.81. The maximum Gasteiger partial charge on any atom is 0.119 e. The van der Waals surface area contributed by atoms with Crippen LogP contribution in [0.3, 0.4) is 0 Å². The van der Waals surface area contributed by atoms with E-state index in [2.05, 4.69) is 28.4 Å². The third kappa shape index (κ3) is 2.81. The molecule has 0 atom stereocenters. The van der Waals surface area contributed by atoms with Crippen LogP contribution in [-0.4, -0.2) is 10.2 Å². The molecule has 3 aromatic carbocycles. The standard InChI is InChI=1S/C20H16N2O/c1-2-6-15(7-3-1)14-23-17-12-10-16(11-13-17)20-18-8-4-5-9-19(18)21-22-20/h1-13H,14H2,(H,21,22). The summed E-state index contributed by atoms with van der Waals surface area (Å²) in [5.74, 6) is 0.859. The summed E-state index contributed by atoms with van der Waals surface area (Å²) in [6.07, 6.45) is 0. The molecule has 0 saturated heterocycles. The molecule has 4 rings (SSSR count). The van der Waals surface area contributed by atoms with Crippen LogP contribution in [0, 0.1) is 0 Å². The Bertz CT molecular complexity index is 911. The molecule has 0 saturated carbocycles. The summed E-state index contributed by atoms with van der Waals surface area (Å²) >= 11 is 0. The molecule has 1 heterocycles. The zero-order chi connectivity index (χ0) is 15.5. The molecule has 4 aromatic rings. The Labute approximate surface area is 134 Å². The van der Waals surface area contributed by atoms with Crippen molar-refractivity contribution in [1.29, 1.82) is 0 Å². The molecule has 3 heteroatoms. The Hall–Kier alpha value is -3.07. The van der Waals surface area contributed by atoms with Gasteiger partial charge in [0.1, 0.15) is 12.4 Å². The quantitative estimate of drug-likeness (QED) is 0.587. The van der Waals surface area contributed by atoms with E-state index in [1.165, 1.54) is 0 Å². The van der Waals surface area contributed by atoms with Crippen molar-refractivity contribution < 1.29 is 4.74 Å². The van der Waals surface area contributed by atoms with Crippen molar-refractivity contribution in [1.82, 2.24) is 10.2 Å². The summed E-state index contributed by atoms with van der Waals surface area (Å²) in [5.41, 5.74) is 4.26. The highest BCUT2D eigenvalue weighted by Crippen LogP contribution is 2.27. The van der Waals surface area contributed by atoms with E-state index in [9.17, 15) is 0 Å². The second kappa shape index (κ2) is 5.97. The van der Waals surface area contributed by atoms with Crippen LogP contribution < -0.4 is 4.74 Å². The average Bonchev–Trinajstić information content (AvgIpc) is 3.05. The third-order valence-corrected chi connectivity index (χ3v) is 3.85. The number of nitrogens with one attached hydrogen (secondary N) is 1. The van der Waals surface area contributed by atoms with Gasteiger partial charge in [-0.1, -0.05) is 48.5 Å². The van der Waals surface area contributed by atoms with Gasteiger partial charge >= 0.3 is 0 Å². The lowest BCUT2D eigenvalue weighted by atomic mass is 10.1. The number of nitrogens with zero attached hydrogens (tertiary/aromatic N) is 1. The zero-order valence-corrected chi connectivity index (χ0v) is 12.6. The number of benzene rings is 3. The summed E-state index contributed by atoms with van der Waals surface area (Å²) in [7, 11) is 0. The lowest BCUT2D eigenvalue weighted by Gasteiger charge is -2.07. The number of fused-ring (bicyclic) bond motifs is 1. The van der Waals surface area contributed by atoms with E-state index in [1.54, 1.807) is 0 Å². The van der Waals surface area contributed by atoms with Gasteiger partial charge in [-0.15, -0.1) is 0 Å². The van der Waals surface area contributed by atoms with Crippen molar-refractivity contribution in [3.8, 4) is 17.0 Å². The van der Waals surface area contributed by atoms with Gasteiger partial charge in [0, 0.05) is 10.9 Å². The monoisotopic (exact) mass is 300 g/mol. The molecule has 0 unspecified atom stereocenters. The molecule has 0 radical (unpaired) electrons. The van der Waals surface area contributed by atoms with Crippen LogP contribution in [0.1, 0.15) is 5.56 Å². The molecule has 0 aliphatic carbocycles. The molecule has 0 amide bonds. The maximum atomic E-state index is 5.82. The van der Waals surface area contributed by atoms with E-state index in [4.69, 9.17) is 4.74 Å². The highest BCUT2D eigenvalue weighted by Gasteiger charge is 2.07. The molecule has 0 bridgehead atoms. The normalized spacial score (nSPS) is 10.8. The van der Waals surface area contributed by atoms with E-state index < -0.39 is 0 Å². The number of ether oxygens (including phenoxy) is 1. The fraction of sp³-hybridized carbons (Fsp3) is 0.0500. The summed E-state index contributed by atoms with van der Waals surface area (Å²) in [6, 6.07) is 26.4. The summed E-state index contributed by atoms with van der Waals surface area (Å²) in [4.78, 5) is 0. The van der Waals surface area contributed by atoms with E-state index >= 15 is 0 Å². The minimum absolute atomic E-state index is 0.575. The number of hydrogen-bond donors (Lipinski definition) is 1. The predicted molar refractivity (Wildman–Crippen MR) is 92.3 cm³/mol. The minimum atomic E-state index is 0.575. The second-order valence-corrected chi connectivity index (χ2v) is 5.42. The zero-order valence-electron chi connectivity index (χ0n) is 12.6. The number of aromatic amines is 1. The first kappa shape index (κ1) is 13.6. The minimum Gasteiger partial charge on any atom is -0.489 e. The highest BCUT2D eigenvalue weighted by molar-refractivity contribution is 5.92. The number of aromatic nitrogens is 2. The van der Waals surface area contributed by atoms with Gasteiger partial charge in [-0.25, -0.2) is 0 Å². The molecule has 3 nitrogen and oxygen atoms in total. The summed E-state index contributed by atoms with van der Waals surface area (Å²) in [6.45, 7) is 0.575. The van der Waals surface area contributed by atoms with Gasteiger partial charge in [-0.3, -0.25) is 5.10 Å². The Kier molecular flexibility index (Phi) is 3.53. The third-order valence-electron chi connectivity index (χ3n) is 3.85. The molecule has 112 valence electrons.